The Kier molecular flexibility index (Phi) is 13.9. The summed E-state index contributed by atoms with van der Waals surface area (Å²) < 4.78 is 5.43. The van der Waals surface area contributed by atoms with Crippen LogP contribution >= 0.6 is 12.6 Å². The summed E-state index contributed by atoms with van der Waals surface area (Å²) in [5, 5.41) is 5.82. The van der Waals surface area contributed by atoms with Gasteiger partial charge in [0.2, 0.25) is 5.91 Å². The lowest BCUT2D eigenvalue weighted by molar-refractivity contribution is -0.140. The van der Waals surface area contributed by atoms with Crippen molar-refractivity contribution < 1.29 is 19.1 Å². The van der Waals surface area contributed by atoms with Crippen LogP contribution < -0.4 is 10.6 Å². The van der Waals surface area contributed by atoms with E-state index in [0.717, 1.165) is 65.6 Å². The fraction of sp³-hybridized carbons (Fsp3) is 0.559. The van der Waals surface area contributed by atoms with Crippen molar-refractivity contribution >= 4 is 36.2 Å². The molecule has 0 fully saturated rings. The Hall–Kier alpha value is -3.00. The van der Waals surface area contributed by atoms with Crippen LogP contribution in [0.2, 0.25) is 0 Å². The molecule has 0 saturated carbocycles. The van der Waals surface area contributed by atoms with E-state index < -0.39 is 23.8 Å². The van der Waals surface area contributed by atoms with Crippen molar-refractivity contribution in [2.24, 2.45) is 0 Å². The van der Waals surface area contributed by atoms with E-state index in [0.29, 0.717) is 6.54 Å². The van der Waals surface area contributed by atoms with Gasteiger partial charge in [0.25, 0.3) is 5.91 Å². The van der Waals surface area contributed by atoms with E-state index >= 15 is 0 Å². The second-order valence-electron chi connectivity index (χ2n) is 12.2. The summed E-state index contributed by atoms with van der Waals surface area (Å²) >= 11 is 4.41. The van der Waals surface area contributed by atoms with Crippen molar-refractivity contribution in [1.29, 1.82) is 0 Å². The lowest BCUT2D eigenvalue weighted by atomic mass is 9.97. The number of hydrogen-bond acceptors (Lipinski definition) is 5. The molecule has 8 heteroatoms. The zero-order valence-corrected chi connectivity index (χ0v) is 27.7. The molecular weight excluding hydrogens is 546 g/mol. The van der Waals surface area contributed by atoms with Crippen molar-refractivity contribution in [2.45, 2.75) is 112 Å². The Labute approximate surface area is 258 Å². The largest absolute Gasteiger partial charge is 0.444 e. The van der Waals surface area contributed by atoms with Crippen LogP contribution in [0.3, 0.4) is 0 Å². The minimum absolute atomic E-state index is 0.0588. The normalized spacial score (nSPS) is 12.8. The summed E-state index contributed by atoms with van der Waals surface area (Å²) in [4.78, 5) is 42.7. The van der Waals surface area contributed by atoms with Gasteiger partial charge in [0.15, 0.2) is 0 Å². The van der Waals surface area contributed by atoms with Crippen molar-refractivity contribution in [3.8, 4) is 0 Å². The predicted octanol–water partition coefficient (Wildman–Crippen LogP) is 7.61. The summed E-state index contributed by atoms with van der Waals surface area (Å²) in [7, 11) is 0. The van der Waals surface area contributed by atoms with Crippen molar-refractivity contribution in [1.82, 2.24) is 10.2 Å². The summed E-state index contributed by atoms with van der Waals surface area (Å²) in [6.07, 6.45) is 5.50. The fourth-order valence-corrected chi connectivity index (χ4v) is 5.12. The molecule has 0 heterocycles. The summed E-state index contributed by atoms with van der Waals surface area (Å²) in [5.74, 6) is -0.613. The molecule has 0 aliphatic heterocycles. The number of anilines is 1. The van der Waals surface area contributed by atoms with Gasteiger partial charge in [0.05, 0.1) is 0 Å². The first kappa shape index (κ1) is 35.2. The third kappa shape index (κ3) is 10.7. The highest BCUT2D eigenvalue weighted by Crippen LogP contribution is 2.29. The van der Waals surface area contributed by atoms with E-state index in [1.54, 1.807) is 25.7 Å². The average molecular weight is 598 g/mol. The van der Waals surface area contributed by atoms with Gasteiger partial charge in [-0.15, -0.1) is 0 Å². The Balaban J connectivity index is 2.53. The van der Waals surface area contributed by atoms with E-state index in [4.69, 9.17) is 4.74 Å². The van der Waals surface area contributed by atoms with Gasteiger partial charge in [-0.3, -0.25) is 9.59 Å². The van der Waals surface area contributed by atoms with Crippen molar-refractivity contribution in [2.75, 3.05) is 17.6 Å². The summed E-state index contributed by atoms with van der Waals surface area (Å²) in [6.45, 7) is 15.8. The zero-order valence-electron chi connectivity index (χ0n) is 26.8. The number of ether oxygens (including phenoxy) is 1. The number of benzene rings is 2. The highest BCUT2D eigenvalue weighted by Gasteiger charge is 2.36. The van der Waals surface area contributed by atoms with Crippen molar-refractivity contribution in [3.05, 3.63) is 64.2 Å². The maximum atomic E-state index is 14.2. The maximum Gasteiger partial charge on any atom is 0.408 e. The lowest BCUT2D eigenvalue weighted by Gasteiger charge is -2.34. The smallest absolute Gasteiger partial charge is 0.408 e. The molecule has 2 aromatic rings. The van der Waals surface area contributed by atoms with Gasteiger partial charge in [-0.25, -0.2) is 4.79 Å². The molecule has 0 spiro atoms. The van der Waals surface area contributed by atoms with E-state index in [-0.39, 0.29) is 17.6 Å². The number of alkyl carbamates (subject to hydrolysis) is 1. The summed E-state index contributed by atoms with van der Waals surface area (Å²) in [6, 6.07) is 9.85. The van der Waals surface area contributed by atoms with Crippen LogP contribution in [0.5, 0.6) is 0 Å². The number of nitrogens with zero attached hydrogens (tertiary/aromatic N) is 1. The van der Waals surface area contributed by atoms with Crippen molar-refractivity contribution in [3.63, 3.8) is 0 Å². The maximum absolute atomic E-state index is 14.2. The number of carbonyl (C=O) groups excluding carboxylic acids is 3. The summed E-state index contributed by atoms with van der Waals surface area (Å²) in [5.41, 5.74) is 4.74. The highest BCUT2D eigenvalue weighted by atomic mass is 32.1. The van der Waals surface area contributed by atoms with Gasteiger partial charge < -0.3 is 20.3 Å². The van der Waals surface area contributed by atoms with E-state index in [9.17, 15) is 14.4 Å². The van der Waals surface area contributed by atoms with Crippen LogP contribution in [0, 0.1) is 27.7 Å². The van der Waals surface area contributed by atoms with Gasteiger partial charge in [-0.2, -0.15) is 12.6 Å². The highest BCUT2D eigenvalue weighted by molar-refractivity contribution is 7.80. The van der Waals surface area contributed by atoms with Gasteiger partial charge >= 0.3 is 6.09 Å². The number of amides is 3. The SMILES string of the molecule is CCCCCCCCN(C(=O)C(CS)NC(=O)OC(C)(C)C)C(C(=O)Nc1c(C)cccc1C)c1ccc(C)c(C)c1. The molecule has 0 saturated heterocycles. The molecular formula is C34H51N3O4S. The molecule has 0 bridgehead atoms. The molecule has 0 radical (unpaired) electrons. The number of nitrogens with one attached hydrogen (secondary N) is 2. The Morgan fingerprint density at radius 3 is 2.07 bits per heavy atom. The average Bonchev–Trinajstić information content (AvgIpc) is 2.91. The standard InChI is InChI=1S/C34H51N3O4S/c1-9-10-11-12-13-14-20-37(32(39)28(22-42)35-33(40)41-34(6,7)8)30(27-19-18-23(2)26(5)21-27)31(38)36-29-24(3)16-15-17-25(29)4/h15-19,21,28,30,42H,9-14,20,22H2,1-8H3,(H,35,40)(H,36,38). The Morgan fingerprint density at radius 2 is 1.50 bits per heavy atom. The Bertz CT molecular complexity index is 1190. The molecule has 0 aliphatic carbocycles. The van der Waals surface area contributed by atoms with Gasteiger partial charge in [-0.05, 0) is 82.7 Å². The molecule has 2 rings (SSSR count). The second kappa shape index (κ2) is 16.6. The molecule has 232 valence electrons. The molecule has 0 aliphatic rings. The van der Waals surface area contributed by atoms with Gasteiger partial charge in [0, 0.05) is 18.0 Å². The first-order valence-corrected chi connectivity index (χ1v) is 15.8. The van der Waals surface area contributed by atoms with Crippen LogP contribution in [0.1, 0.15) is 100 Å². The van der Waals surface area contributed by atoms with Crippen LogP contribution in [-0.4, -0.2) is 46.7 Å². The fourth-order valence-electron chi connectivity index (χ4n) is 4.88. The van der Waals surface area contributed by atoms with Gasteiger partial charge in [-0.1, -0.05) is 75.4 Å². The third-order valence-corrected chi connectivity index (χ3v) is 7.71. The first-order chi connectivity index (χ1) is 19.8. The molecule has 2 unspecified atom stereocenters. The topological polar surface area (TPSA) is 87.7 Å². The molecule has 7 nitrogen and oxygen atoms in total. The number of unbranched alkanes of at least 4 members (excludes halogenated alkanes) is 5. The van der Waals surface area contributed by atoms with Crippen LogP contribution in [-0.2, 0) is 14.3 Å². The number of hydrogen-bond donors (Lipinski definition) is 3. The first-order valence-electron chi connectivity index (χ1n) is 15.1. The van der Waals surface area contributed by atoms with Gasteiger partial charge in [0.1, 0.15) is 17.7 Å². The minimum atomic E-state index is -0.967. The van der Waals surface area contributed by atoms with Crippen LogP contribution in [0.4, 0.5) is 10.5 Å². The van der Waals surface area contributed by atoms with E-state index in [1.165, 1.54) is 6.42 Å². The number of aryl methyl sites for hydroxylation is 4. The molecule has 2 atom stereocenters. The number of thiol groups is 1. The monoisotopic (exact) mass is 597 g/mol. The predicted molar refractivity (Wildman–Crippen MR) is 175 cm³/mol. The second-order valence-corrected chi connectivity index (χ2v) is 12.5. The number of para-hydroxylation sites is 1. The van der Waals surface area contributed by atoms with E-state index in [2.05, 4.69) is 30.2 Å². The zero-order chi connectivity index (χ0) is 31.4. The lowest BCUT2D eigenvalue weighted by Crippen LogP contribution is -2.53. The quantitative estimate of drug-likeness (QED) is 0.154. The molecule has 42 heavy (non-hydrogen) atoms. The number of carbonyl (C=O) groups is 3. The minimum Gasteiger partial charge on any atom is -0.444 e. The Morgan fingerprint density at radius 1 is 0.881 bits per heavy atom. The third-order valence-electron chi connectivity index (χ3n) is 7.34. The van der Waals surface area contributed by atoms with E-state index in [1.807, 2.05) is 64.1 Å². The van der Waals surface area contributed by atoms with Crippen LogP contribution in [0.25, 0.3) is 0 Å². The molecule has 3 amide bonds. The van der Waals surface area contributed by atoms with Crippen LogP contribution in [0.15, 0.2) is 36.4 Å². The number of rotatable bonds is 14. The molecule has 2 aromatic carbocycles. The molecule has 2 N–H and O–H groups in total. The molecule has 0 aromatic heterocycles.